The van der Waals surface area contributed by atoms with E-state index in [1.807, 2.05) is 31.2 Å². The molecular weight excluding hydrogens is 290 g/mol. The van der Waals surface area contributed by atoms with E-state index in [1.54, 1.807) is 0 Å². The average molecular weight is 314 g/mol. The molecule has 0 aliphatic carbocycles. The maximum Gasteiger partial charge on any atom is 0.238 e. The van der Waals surface area contributed by atoms with Crippen LogP contribution in [0.2, 0.25) is 0 Å². The van der Waals surface area contributed by atoms with Crippen LogP contribution in [0.15, 0.2) is 24.3 Å². The number of nitrogens with two attached hydrogens (primary N) is 1. The molecule has 1 unspecified atom stereocenters. The van der Waals surface area contributed by atoms with Crippen LogP contribution in [-0.2, 0) is 4.79 Å². The summed E-state index contributed by atoms with van der Waals surface area (Å²) in [5, 5.41) is 2.90. The van der Waals surface area contributed by atoms with Crippen LogP contribution in [0.5, 0.6) is 5.75 Å². The molecule has 1 heterocycles. The van der Waals surface area contributed by atoms with Gasteiger partial charge in [-0.05, 0) is 56.6 Å². The molecule has 1 aliphatic heterocycles. The Morgan fingerprint density at radius 2 is 2.14 bits per heavy atom. The SMILES string of the molecule is CCOc1ccc(NC(=O)CN2CCC(CN)C2)cc1.Cl. The Bertz CT molecular complexity index is 439. The van der Waals surface area contributed by atoms with Gasteiger partial charge in [0.25, 0.3) is 0 Å². The highest BCUT2D eigenvalue weighted by molar-refractivity contribution is 5.92. The molecule has 0 aromatic heterocycles. The number of hydrogen-bond acceptors (Lipinski definition) is 4. The van der Waals surface area contributed by atoms with Crippen molar-refractivity contribution in [3.63, 3.8) is 0 Å². The summed E-state index contributed by atoms with van der Waals surface area (Å²) in [4.78, 5) is 14.1. The second-order valence-electron chi connectivity index (χ2n) is 5.13. The van der Waals surface area contributed by atoms with Gasteiger partial charge in [-0.15, -0.1) is 12.4 Å². The lowest BCUT2D eigenvalue weighted by Crippen LogP contribution is -2.32. The molecule has 1 aromatic carbocycles. The van der Waals surface area contributed by atoms with Gasteiger partial charge in [0.15, 0.2) is 0 Å². The standard InChI is InChI=1S/C15H23N3O2.ClH/c1-2-20-14-5-3-13(4-6-14)17-15(19)11-18-8-7-12(9-16)10-18;/h3-6,12H,2,7-11,16H2,1H3,(H,17,19);1H. The number of rotatable bonds is 6. The van der Waals surface area contributed by atoms with E-state index >= 15 is 0 Å². The molecule has 118 valence electrons. The predicted molar refractivity (Wildman–Crippen MR) is 87.1 cm³/mol. The minimum absolute atomic E-state index is 0. The van der Waals surface area contributed by atoms with Gasteiger partial charge >= 0.3 is 0 Å². The van der Waals surface area contributed by atoms with Crippen molar-refractivity contribution in [1.29, 1.82) is 0 Å². The minimum Gasteiger partial charge on any atom is -0.494 e. The summed E-state index contributed by atoms with van der Waals surface area (Å²) in [7, 11) is 0. The highest BCUT2D eigenvalue weighted by Crippen LogP contribution is 2.17. The molecule has 21 heavy (non-hydrogen) atoms. The molecule has 3 N–H and O–H groups in total. The molecule has 1 amide bonds. The first-order chi connectivity index (χ1) is 9.71. The molecule has 1 atom stereocenters. The van der Waals surface area contributed by atoms with E-state index in [1.165, 1.54) is 0 Å². The van der Waals surface area contributed by atoms with Gasteiger partial charge in [-0.1, -0.05) is 0 Å². The van der Waals surface area contributed by atoms with Crippen molar-refractivity contribution in [2.45, 2.75) is 13.3 Å². The van der Waals surface area contributed by atoms with Crippen LogP contribution < -0.4 is 15.8 Å². The summed E-state index contributed by atoms with van der Waals surface area (Å²) in [6, 6.07) is 7.43. The van der Waals surface area contributed by atoms with E-state index in [9.17, 15) is 4.79 Å². The summed E-state index contributed by atoms with van der Waals surface area (Å²) in [5.41, 5.74) is 6.45. The zero-order chi connectivity index (χ0) is 14.4. The number of likely N-dealkylation sites (tertiary alicyclic amines) is 1. The van der Waals surface area contributed by atoms with Crippen molar-refractivity contribution >= 4 is 24.0 Å². The highest BCUT2D eigenvalue weighted by atomic mass is 35.5. The van der Waals surface area contributed by atoms with Crippen molar-refractivity contribution in [3.05, 3.63) is 24.3 Å². The van der Waals surface area contributed by atoms with E-state index in [0.717, 1.165) is 30.9 Å². The van der Waals surface area contributed by atoms with Gasteiger partial charge < -0.3 is 15.8 Å². The number of benzene rings is 1. The molecule has 1 aliphatic rings. The van der Waals surface area contributed by atoms with E-state index in [4.69, 9.17) is 10.5 Å². The van der Waals surface area contributed by atoms with E-state index < -0.39 is 0 Å². The number of carbonyl (C=O) groups excluding carboxylic acids is 1. The van der Waals surface area contributed by atoms with Crippen LogP contribution in [0.25, 0.3) is 0 Å². The lowest BCUT2D eigenvalue weighted by molar-refractivity contribution is -0.117. The summed E-state index contributed by atoms with van der Waals surface area (Å²) < 4.78 is 5.36. The van der Waals surface area contributed by atoms with Crippen molar-refractivity contribution in [1.82, 2.24) is 4.90 Å². The third-order valence-electron chi connectivity index (χ3n) is 3.52. The van der Waals surface area contributed by atoms with Gasteiger partial charge in [-0.3, -0.25) is 9.69 Å². The number of nitrogens with zero attached hydrogens (tertiary/aromatic N) is 1. The summed E-state index contributed by atoms with van der Waals surface area (Å²) >= 11 is 0. The Hall–Kier alpha value is -1.30. The molecule has 0 spiro atoms. The number of hydrogen-bond donors (Lipinski definition) is 2. The van der Waals surface area contributed by atoms with Crippen LogP contribution in [0.3, 0.4) is 0 Å². The Balaban J connectivity index is 0.00000220. The number of ether oxygens (including phenoxy) is 1. The fourth-order valence-electron chi connectivity index (χ4n) is 2.45. The largest absolute Gasteiger partial charge is 0.494 e. The first kappa shape index (κ1) is 17.8. The van der Waals surface area contributed by atoms with Gasteiger partial charge in [-0.25, -0.2) is 0 Å². The highest BCUT2D eigenvalue weighted by Gasteiger charge is 2.22. The smallest absolute Gasteiger partial charge is 0.238 e. The number of amides is 1. The lowest BCUT2D eigenvalue weighted by atomic mass is 10.1. The van der Waals surface area contributed by atoms with Crippen LogP contribution >= 0.6 is 12.4 Å². The van der Waals surface area contributed by atoms with Crippen LogP contribution in [-0.4, -0.2) is 43.6 Å². The molecule has 0 radical (unpaired) electrons. The molecule has 0 bridgehead atoms. The van der Waals surface area contributed by atoms with Crippen molar-refractivity contribution in [3.8, 4) is 5.75 Å². The van der Waals surface area contributed by atoms with Crippen molar-refractivity contribution in [2.24, 2.45) is 11.7 Å². The second kappa shape index (κ2) is 8.87. The third kappa shape index (κ3) is 5.53. The molecular formula is C15H24ClN3O2. The topological polar surface area (TPSA) is 67.6 Å². The molecule has 1 fully saturated rings. The maximum atomic E-state index is 12.0. The first-order valence-electron chi connectivity index (χ1n) is 7.16. The second-order valence-corrected chi connectivity index (χ2v) is 5.13. The molecule has 5 nitrogen and oxygen atoms in total. The number of nitrogens with one attached hydrogen (secondary N) is 1. The molecule has 6 heteroatoms. The zero-order valence-corrected chi connectivity index (χ0v) is 13.2. The quantitative estimate of drug-likeness (QED) is 0.839. The van der Waals surface area contributed by atoms with Crippen molar-refractivity contribution < 1.29 is 9.53 Å². The third-order valence-corrected chi connectivity index (χ3v) is 3.52. The zero-order valence-electron chi connectivity index (χ0n) is 12.4. The van der Waals surface area contributed by atoms with Gasteiger partial charge in [-0.2, -0.15) is 0 Å². The van der Waals surface area contributed by atoms with Crippen LogP contribution in [0, 0.1) is 5.92 Å². The van der Waals surface area contributed by atoms with Gasteiger partial charge in [0, 0.05) is 12.2 Å². The van der Waals surface area contributed by atoms with Gasteiger partial charge in [0.1, 0.15) is 5.75 Å². The lowest BCUT2D eigenvalue weighted by Gasteiger charge is -2.15. The number of anilines is 1. The summed E-state index contributed by atoms with van der Waals surface area (Å²) in [6.07, 6.45) is 1.09. The summed E-state index contributed by atoms with van der Waals surface area (Å²) in [6.45, 7) is 5.61. The number of halogens is 1. The van der Waals surface area contributed by atoms with Crippen LogP contribution in [0.1, 0.15) is 13.3 Å². The van der Waals surface area contributed by atoms with Gasteiger partial charge in [0.2, 0.25) is 5.91 Å². The molecule has 2 rings (SSSR count). The fraction of sp³-hybridized carbons (Fsp3) is 0.533. The van der Waals surface area contributed by atoms with Crippen molar-refractivity contribution in [2.75, 3.05) is 38.1 Å². The van der Waals surface area contributed by atoms with E-state index in [0.29, 0.717) is 25.6 Å². The summed E-state index contributed by atoms with van der Waals surface area (Å²) in [5.74, 6) is 1.37. The van der Waals surface area contributed by atoms with Gasteiger partial charge in [0.05, 0.1) is 13.2 Å². The van der Waals surface area contributed by atoms with E-state index in [2.05, 4.69) is 10.2 Å². The monoisotopic (exact) mass is 313 g/mol. The Morgan fingerprint density at radius 1 is 1.43 bits per heavy atom. The average Bonchev–Trinajstić information content (AvgIpc) is 2.89. The van der Waals surface area contributed by atoms with Crippen LogP contribution in [0.4, 0.5) is 5.69 Å². The Morgan fingerprint density at radius 3 is 2.71 bits per heavy atom. The Labute approximate surface area is 132 Å². The predicted octanol–water partition coefficient (Wildman–Crippen LogP) is 1.73. The Kier molecular flexibility index (Phi) is 7.50. The maximum absolute atomic E-state index is 12.0. The molecule has 1 saturated heterocycles. The number of carbonyl (C=O) groups is 1. The minimum atomic E-state index is 0. The molecule has 0 saturated carbocycles. The van der Waals surface area contributed by atoms with E-state index in [-0.39, 0.29) is 18.3 Å². The molecule has 1 aromatic rings. The first-order valence-corrected chi connectivity index (χ1v) is 7.16. The fourth-order valence-corrected chi connectivity index (χ4v) is 2.45. The normalized spacial score (nSPS) is 18.1.